The van der Waals surface area contributed by atoms with Gasteiger partial charge in [-0.3, -0.25) is 9.78 Å². The van der Waals surface area contributed by atoms with Crippen LogP contribution in [0.4, 0.5) is 0 Å². The van der Waals surface area contributed by atoms with Crippen LogP contribution in [0.5, 0.6) is 0 Å². The highest BCUT2D eigenvalue weighted by molar-refractivity contribution is 6.07. The van der Waals surface area contributed by atoms with E-state index >= 15 is 0 Å². The van der Waals surface area contributed by atoms with Crippen molar-refractivity contribution in [3.8, 4) is 0 Å². The third kappa shape index (κ3) is 1.94. The molecule has 0 unspecified atom stereocenters. The third-order valence-electron chi connectivity index (χ3n) is 3.51. The van der Waals surface area contributed by atoms with Crippen molar-refractivity contribution in [3.05, 3.63) is 64.5 Å². The average Bonchev–Trinajstić information content (AvgIpc) is 2.85. The molecule has 0 atom stereocenters. The molecule has 0 N–H and O–H groups in total. The van der Waals surface area contributed by atoms with Gasteiger partial charge in [-0.15, -0.1) is 0 Å². The van der Waals surface area contributed by atoms with E-state index in [1.54, 1.807) is 6.20 Å². The molecule has 0 saturated carbocycles. The van der Waals surface area contributed by atoms with Crippen LogP contribution in [0.15, 0.2) is 36.5 Å². The Balaban J connectivity index is 1.98. The van der Waals surface area contributed by atoms with Crippen LogP contribution >= 0.6 is 0 Å². The minimum absolute atomic E-state index is 0.0217. The van der Waals surface area contributed by atoms with Gasteiger partial charge in [0.15, 0.2) is 0 Å². The molecule has 0 bridgehead atoms. The first-order valence-electron chi connectivity index (χ1n) is 6.33. The van der Waals surface area contributed by atoms with Gasteiger partial charge in [0, 0.05) is 11.8 Å². The summed E-state index contributed by atoms with van der Waals surface area (Å²) in [6, 6.07) is 9.80. The van der Waals surface area contributed by atoms with Crippen molar-refractivity contribution in [3.63, 3.8) is 0 Å². The number of fused-ring (bicyclic) bond motifs is 1. The second-order valence-electron chi connectivity index (χ2n) is 4.88. The first kappa shape index (κ1) is 11.1. The van der Waals surface area contributed by atoms with Crippen LogP contribution in [0.1, 0.15) is 39.2 Å². The summed E-state index contributed by atoms with van der Waals surface area (Å²) in [7, 11) is 0. The average molecular weight is 237 g/mol. The predicted octanol–water partition coefficient (Wildman–Crippen LogP) is 3.11. The van der Waals surface area contributed by atoms with Gasteiger partial charge in [0.05, 0.1) is 0 Å². The van der Waals surface area contributed by atoms with Crippen LogP contribution < -0.4 is 0 Å². The van der Waals surface area contributed by atoms with Crippen molar-refractivity contribution in [1.82, 2.24) is 4.98 Å². The number of aromatic nitrogens is 1. The summed E-state index contributed by atoms with van der Waals surface area (Å²) in [6.07, 6.45) is 5.13. The van der Waals surface area contributed by atoms with E-state index in [4.69, 9.17) is 0 Å². The van der Waals surface area contributed by atoms with Crippen LogP contribution in [0.2, 0.25) is 0 Å². The van der Waals surface area contributed by atoms with Gasteiger partial charge in [0.25, 0.3) is 0 Å². The van der Waals surface area contributed by atoms with Gasteiger partial charge in [0.2, 0.25) is 5.78 Å². The lowest BCUT2D eigenvalue weighted by Crippen LogP contribution is -2.05. The number of aryl methyl sites for hydroxylation is 3. The lowest BCUT2D eigenvalue weighted by Gasteiger charge is -2.04. The molecular formula is C16H15NO. The lowest BCUT2D eigenvalue weighted by molar-refractivity contribution is 0.103. The second kappa shape index (κ2) is 4.37. The maximum atomic E-state index is 12.3. The molecule has 2 aromatic rings. The Morgan fingerprint density at radius 1 is 1.11 bits per heavy atom. The summed E-state index contributed by atoms with van der Waals surface area (Å²) in [5.74, 6) is 0.0217. The number of carbonyl (C=O) groups excluding carboxylic acids is 1. The van der Waals surface area contributed by atoms with Gasteiger partial charge >= 0.3 is 0 Å². The van der Waals surface area contributed by atoms with E-state index in [1.807, 2.05) is 31.2 Å². The normalized spacial score (nSPS) is 13.4. The monoisotopic (exact) mass is 237 g/mol. The molecule has 3 rings (SSSR count). The van der Waals surface area contributed by atoms with Gasteiger partial charge < -0.3 is 0 Å². The fourth-order valence-corrected chi connectivity index (χ4v) is 2.52. The molecule has 90 valence electrons. The molecule has 2 heteroatoms. The summed E-state index contributed by atoms with van der Waals surface area (Å²) in [5, 5.41) is 0. The van der Waals surface area contributed by atoms with Crippen LogP contribution in [0, 0.1) is 6.92 Å². The Morgan fingerprint density at radius 3 is 2.78 bits per heavy atom. The number of ketones is 1. The third-order valence-corrected chi connectivity index (χ3v) is 3.51. The molecule has 1 heterocycles. The van der Waals surface area contributed by atoms with E-state index < -0.39 is 0 Å². The molecule has 1 aromatic carbocycles. The fraction of sp³-hybridized carbons (Fsp3) is 0.250. The molecule has 0 fully saturated rings. The van der Waals surface area contributed by atoms with Crippen LogP contribution in [0.25, 0.3) is 0 Å². The Bertz CT molecular complexity index is 616. The largest absolute Gasteiger partial charge is 0.287 e. The Hall–Kier alpha value is -1.96. The standard InChI is InChI=1S/C16H15NO/c1-11-7-8-17-15(9-11)16(18)14-6-5-12-3-2-4-13(12)10-14/h5-10H,2-4H2,1H3. The number of benzene rings is 1. The van der Waals surface area contributed by atoms with E-state index in [9.17, 15) is 4.79 Å². The van der Waals surface area contributed by atoms with Crippen LogP contribution in [-0.2, 0) is 12.8 Å². The molecule has 1 aliphatic rings. The number of hydrogen-bond acceptors (Lipinski definition) is 2. The molecule has 18 heavy (non-hydrogen) atoms. The number of hydrogen-bond donors (Lipinski definition) is 0. The van der Waals surface area contributed by atoms with Gasteiger partial charge in [-0.2, -0.15) is 0 Å². The zero-order valence-electron chi connectivity index (χ0n) is 10.4. The van der Waals surface area contributed by atoms with E-state index in [1.165, 1.54) is 17.5 Å². The Labute approximate surface area is 107 Å². The van der Waals surface area contributed by atoms with Crippen molar-refractivity contribution in [2.45, 2.75) is 26.2 Å². The summed E-state index contributed by atoms with van der Waals surface area (Å²) in [6.45, 7) is 1.97. The predicted molar refractivity (Wildman–Crippen MR) is 70.9 cm³/mol. The first-order valence-corrected chi connectivity index (χ1v) is 6.33. The minimum Gasteiger partial charge on any atom is -0.287 e. The SMILES string of the molecule is Cc1ccnc(C(=O)c2ccc3c(c2)CCC3)c1. The minimum atomic E-state index is 0.0217. The van der Waals surface area contributed by atoms with Gasteiger partial charge in [0.1, 0.15) is 5.69 Å². The van der Waals surface area contributed by atoms with Crippen molar-refractivity contribution in [1.29, 1.82) is 0 Å². The van der Waals surface area contributed by atoms with Gasteiger partial charge in [-0.1, -0.05) is 12.1 Å². The molecule has 2 nitrogen and oxygen atoms in total. The maximum absolute atomic E-state index is 12.3. The molecule has 1 aromatic heterocycles. The molecule has 1 aliphatic carbocycles. The molecule has 0 spiro atoms. The van der Waals surface area contributed by atoms with Gasteiger partial charge in [-0.05, 0) is 61.1 Å². The molecule has 0 aliphatic heterocycles. The molecule has 0 saturated heterocycles. The van der Waals surface area contributed by atoms with E-state index in [0.717, 1.165) is 24.0 Å². The highest BCUT2D eigenvalue weighted by Crippen LogP contribution is 2.23. The van der Waals surface area contributed by atoms with Crippen LogP contribution in [0.3, 0.4) is 0 Å². The van der Waals surface area contributed by atoms with E-state index in [-0.39, 0.29) is 5.78 Å². The highest BCUT2D eigenvalue weighted by Gasteiger charge is 2.15. The molecule has 0 radical (unpaired) electrons. The summed E-state index contributed by atoms with van der Waals surface area (Å²) >= 11 is 0. The summed E-state index contributed by atoms with van der Waals surface area (Å²) in [4.78, 5) is 16.5. The molecule has 0 amide bonds. The summed E-state index contributed by atoms with van der Waals surface area (Å²) in [5.41, 5.74) is 5.08. The van der Waals surface area contributed by atoms with Crippen LogP contribution in [-0.4, -0.2) is 10.8 Å². The van der Waals surface area contributed by atoms with Gasteiger partial charge in [-0.25, -0.2) is 0 Å². The number of pyridine rings is 1. The lowest BCUT2D eigenvalue weighted by atomic mass is 10.0. The number of nitrogens with zero attached hydrogens (tertiary/aromatic N) is 1. The van der Waals surface area contributed by atoms with Crippen molar-refractivity contribution >= 4 is 5.78 Å². The van der Waals surface area contributed by atoms with E-state index in [0.29, 0.717) is 5.69 Å². The quantitative estimate of drug-likeness (QED) is 0.751. The number of rotatable bonds is 2. The highest BCUT2D eigenvalue weighted by atomic mass is 16.1. The Kier molecular flexibility index (Phi) is 2.71. The Morgan fingerprint density at radius 2 is 1.94 bits per heavy atom. The van der Waals surface area contributed by atoms with Crippen molar-refractivity contribution < 1.29 is 4.79 Å². The second-order valence-corrected chi connectivity index (χ2v) is 4.88. The topological polar surface area (TPSA) is 30.0 Å². The van der Waals surface area contributed by atoms with E-state index in [2.05, 4.69) is 11.1 Å². The zero-order valence-corrected chi connectivity index (χ0v) is 10.4. The number of carbonyl (C=O) groups is 1. The van der Waals surface area contributed by atoms with Crippen molar-refractivity contribution in [2.24, 2.45) is 0 Å². The van der Waals surface area contributed by atoms with Crippen molar-refractivity contribution in [2.75, 3.05) is 0 Å². The summed E-state index contributed by atoms with van der Waals surface area (Å²) < 4.78 is 0. The first-order chi connectivity index (χ1) is 8.74. The fourth-order valence-electron chi connectivity index (χ4n) is 2.52. The zero-order chi connectivity index (χ0) is 12.5. The smallest absolute Gasteiger partial charge is 0.211 e. The maximum Gasteiger partial charge on any atom is 0.211 e. The molecular weight excluding hydrogens is 222 g/mol.